The Labute approximate surface area is 322 Å². The fraction of sp³-hybridized carbons (Fsp3) is 0. The molecule has 0 heterocycles. The lowest BCUT2D eigenvalue weighted by Crippen LogP contribution is -2.10. The van der Waals surface area contributed by atoms with E-state index in [9.17, 15) is 0 Å². The van der Waals surface area contributed by atoms with Crippen LogP contribution in [0.5, 0.6) is 0 Å². The lowest BCUT2D eigenvalue weighted by molar-refractivity contribution is 1.30. The number of hydrogen-bond acceptors (Lipinski definition) is 1. The smallest absolute Gasteiger partial charge is 0.0540 e. The van der Waals surface area contributed by atoms with Crippen LogP contribution in [0.2, 0.25) is 0 Å². The van der Waals surface area contributed by atoms with E-state index in [4.69, 9.17) is 0 Å². The number of fused-ring (bicyclic) bond motifs is 3. The Kier molecular flexibility index (Phi) is 8.24. The summed E-state index contributed by atoms with van der Waals surface area (Å²) in [5.74, 6) is 0. The highest BCUT2D eigenvalue weighted by atomic mass is 15.1. The first-order valence-electron chi connectivity index (χ1n) is 18.9. The molecule has 0 bridgehead atoms. The molecule has 0 aromatic heterocycles. The van der Waals surface area contributed by atoms with E-state index in [-0.39, 0.29) is 0 Å². The van der Waals surface area contributed by atoms with E-state index in [1.165, 1.54) is 76.8 Å². The molecule has 0 amide bonds. The van der Waals surface area contributed by atoms with Crippen molar-refractivity contribution >= 4 is 49.4 Å². The van der Waals surface area contributed by atoms with Gasteiger partial charge in [0.2, 0.25) is 0 Å². The van der Waals surface area contributed by atoms with Gasteiger partial charge in [0.1, 0.15) is 0 Å². The molecule has 258 valence electrons. The zero-order chi connectivity index (χ0) is 36.6. The van der Waals surface area contributed by atoms with Crippen molar-refractivity contribution in [3.8, 4) is 44.5 Å². The van der Waals surface area contributed by atoms with E-state index in [1.807, 2.05) is 0 Å². The van der Waals surface area contributed by atoms with Gasteiger partial charge in [-0.05, 0) is 108 Å². The van der Waals surface area contributed by atoms with Gasteiger partial charge in [0.15, 0.2) is 0 Å². The van der Waals surface area contributed by atoms with Crippen LogP contribution in [0, 0.1) is 0 Å². The van der Waals surface area contributed by atoms with Gasteiger partial charge < -0.3 is 4.90 Å². The zero-order valence-corrected chi connectivity index (χ0v) is 30.3. The largest absolute Gasteiger partial charge is 0.310 e. The van der Waals surface area contributed by atoms with E-state index in [0.29, 0.717) is 0 Å². The summed E-state index contributed by atoms with van der Waals surface area (Å²) in [6.45, 7) is 0. The molecule has 0 aliphatic carbocycles. The predicted molar refractivity (Wildman–Crippen MR) is 235 cm³/mol. The van der Waals surface area contributed by atoms with Crippen LogP contribution in [0.4, 0.5) is 17.1 Å². The summed E-state index contributed by atoms with van der Waals surface area (Å²) >= 11 is 0. The summed E-state index contributed by atoms with van der Waals surface area (Å²) in [5, 5.41) is 7.43. The van der Waals surface area contributed by atoms with Crippen LogP contribution < -0.4 is 4.90 Å². The van der Waals surface area contributed by atoms with E-state index in [0.717, 1.165) is 17.1 Å². The van der Waals surface area contributed by atoms with Crippen LogP contribution >= 0.6 is 0 Å². The Morgan fingerprint density at radius 2 is 0.636 bits per heavy atom. The van der Waals surface area contributed by atoms with Crippen LogP contribution in [0.15, 0.2) is 224 Å². The molecule has 10 rings (SSSR count). The molecule has 0 saturated carbocycles. The third kappa shape index (κ3) is 6.02. The molecule has 0 unspecified atom stereocenters. The summed E-state index contributed by atoms with van der Waals surface area (Å²) in [6.07, 6.45) is 0. The molecule has 0 N–H and O–H groups in total. The highest BCUT2D eigenvalue weighted by Crippen LogP contribution is 2.44. The molecule has 0 aliphatic heterocycles. The predicted octanol–water partition coefficient (Wildman–Crippen LogP) is 15.3. The second-order valence-corrected chi connectivity index (χ2v) is 14.1. The first-order valence-corrected chi connectivity index (χ1v) is 18.9. The molecule has 0 aliphatic rings. The molecule has 10 aromatic rings. The second kappa shape index (κ2) is 14.0. The molecule has 1 nitrogen and oxygen atoms in total. The van der Waals surface area contributed by atoms with Gasteiger partial charge in [0, 0.05) is 16.8 Å². The normalized spacial score (nSPS) is 11.3. The van der Waals surface area contributed by atoms with Gasteiger partial charge in [-0.15, -0.1) is 0 Å². The Bertz CT molecular complexity index is 2950. The number of rotatable bonds is 7. The van der Waals surface area contributed by atoms with Gasteiger partial charge in [-0.2, -0.15) is 0 Å². The van der Waals surface area contributed by atoms with Crippen LogP contribution in [0.3, 0.4) is 0 Å². The molecular weight excluding hydrogens is 663 g/mol. The monoisotopic (exact) mass is 699 g/mol. The minimum absolute atomic E-state index is 1.10. The average Bonchev–Trinajstić information content (AvgIpc) is 3.27. The van der Waals surface area contributed by atoms with E-state index in [2.05, 4.69) is 229 Å². The van der Waals surface area contributed by atoms with Gasteiger partial charge in [0.25, 0.3) is 0 Å². The molecule has 10 aromatic carbocycles. The van der Waals surface area contributed by atoms with Crippen molar-refractivity contribution in [1.82, 2.24) is 0 Å². The van der Waals surface area contributed by atoms with E-state index in [1.54, 1.807) is 0 Å². The lowest BCUT2D eigenvalue weighted by atomic mass is 9.92. The Morgan fingerprint density at radius 3 is 1.25 bits per heavy atom. The fourth-order valence-corrected chi connectivity index (χ4v) is 8.16. The molecule has 1 heteroatoms. The summed E-state index contributed by atoms with van der Waals surface area (Å²) in [6, 6.07) is 81.4. The highest BCUT2D eigenvalue weighted by molar-refractivity contribution is 6.08. The standard InChI is InChI=1S/C54H37N/c1-3-13-38(14-4-1)40-25-29-45(30-26-40)55(54-36-35-49(52-21-11-12-22-53(52)54)44-24-23-39-15-7-8-18-43(39)37-44)46-31-27-42(28-32-46)48-34-33-47(41-16-5-2-6-17-41)50-19-9-10-20-51(48)50/h1-37H. The van der Waals surface area contributed by atoms with Crippen molar-refractivity contribution in [2.75, 3.05) is 4.90 Å². The van der Waals surface area contributed by atoms with Gasteiger partial charge in [-0.1, -0.05) is 188 Å². The maximum Gasteiger partial charge on any atom is 0.0540 e. The van der Waals surface area contributed by atoms with E-state index >= 15 is 0 Å². The van der Waals surface area contributed by atoms with Gasteiger partial charge in [-0.25, -0.2) is 0 Å². The summed E-state index contributed by atoms with van der Waals surface area (Å²) in [5.41, 5.74) is 13.1. The number of nitrogens with zero attached hydrogens (tertiary/aromatic N) is 1. The Hall–Kier alpha value is -7.22. The lowest BCUT2D eigenvalue weighted by Gasteiger charge is -2.28. The van der Waals surface area contributed by atoms with Crippen molar-refractivity contribution in [2.45, 2.75) is 0 Å². The summed E-state index contributed by atoms with van der Waals surface area (Å²) in [7, 11) is 0. The maximum absolute atomic E-state index is 2.40. The minimum atomic E-state index is 1.10. The fourth-order valence-electron chi connectivity index (χ4n) is 8.16. The third-order valence-corrected chi connectivity index (χ3v) is 10.9. The Morgan fingerprint density at radius 1 is 0.236 bits per heavy atom. The van der Waals surface area contributed by atoms with Gasteiger partial charge in [0.05, 0.1) is 5.69 Å². The third-order valence-electron chi connectivity index (χ3n) is 10.9. The first-order chi connectivity index (χ1) is 27.3. The van der Waals surface area contributed by atoms with Crippen LogP contribution in [0.1, 0.15) is 0 Å². The van der Waals surface area contributed by atoms with Crippen molar-refractivity contribution in [3.63, 3.8) is 0 Å². The summed E-state index contributed by atoms with van der Waals surface area (Å²) < 4.78 is 0. The first kappa shape index (κ1) is 32.4. The topological polar surface area (TPSA) is 3.24 Å². The SMILES string of the molecule is c1ccc(-c2ccc(N(c3ccc(-c4ccc(-c5ccccc5)c5ccccc45)cc3)c3ccc(-c4ccc5ccccc5c4)c4ccccc34)cc2)cc1. The van der Waals surface area contributed by atoms with Crippen LogP contribution in [0.25, 0.3) is 76.8 Å². The van der Waals surface area contributed by atoms with Crippen molar-refractivity contribution in [1.29, 1.82) is 0 Å². The number of hydrogen-bond donors (Lipinski definition) is 0. The molecule has 0 fully saturated rings. The van der Waals surface area contributed by atoms with Crippen molar-refractivity contribution in [2.24, 2.45) is 0 Å². The van der Waals surface area contributed by atoms with Crippen LogP contribution in [-0.4, -0.2) is 0 Å². The Balaban J connectivity index is 1.10. The maximum atomic E-state index is 2.40. The summed E-state index contributed by atoms with van der Waals surface area (Å²) in [4.78, 5) is 2.40. The second-order valence-electron chi connectivity index (χ2n) is 14.1. The average molecular weight is 700 g/mol. The molecule has 55 heavy (non-hydrogen) atoms. The number of benzene rings is 10. The van der Waals surface area contributed by atoms with Crippen LogP contribution in [-0.2, 0) is 0 Å². The van der Waals surface area contributed by atoms with Gasteiger partial charge in [-0.3, -0.25) is 0 Å². The number of anilines is 3. The molecule has 0 saturated heterocycles. The molecule has 0 spiro atoms. The van der Waals surface area contributed by atoms with Crippen molar-refractivity contribution < 1.29 is 0 Å². The zero-order valence-electron chi connectivity index (χ0n) is 30.3. The molecule has 0 atom stereocenters. The quantitative estimate of drug-likeness (QED) is 0.160. The van der Waals surface area contributed by atoms with Crippen molar-refractivity contribution in [3.05, 3.63) is 224 Å². The van der Waals surface area contributed by atoms with E-state index < -0.39 is 0 Å². The minimum Gasteiger partial charge on any atom is -0.310 e. The highest BCUT2D eigenvalue weighted by Gasteiger charge is 2.18. The molecule has 0 radical (unpaired) electrons. The van der Waals surface area contributed by atoms with Gasteiger partial charge >= 0.3 is 0 Å². The molecular formula is C54H37N.